The van der Waals surface area contributed by atoms with Gasteiger partial charge in [-0.15, -0.1) is 0 Å². The first-order chi connectivity index (χ1) is 13.0. The summed E-state index contributed by atoms with van der Waals surface area (Å²) in [7, 11) is 4.50. The highest BCUT2D eigenvalue weighted by Gasteiger charge is 2.18. The molecule has 0 heterocycles. The molecule has 27 heavy (non-hydrogen) atoms. The summed E-state index contributed by atoms with van der Waals surface area (Å²) in [6, 6.07) is 11.8. The third kappa shape index (κ3) is 5.13. The number of rotatable bonds is 8. The Hall–Kier alpha value is -3.22. The van der Waals surface area contributed by atoms with Gasteiger partial charge in [-0.05, 0) is 31.2 Å². The van der Waals surface area contributed by atoms with Gasteiger partial charge in [0, 0.05) is 5.56 Å². The van der Waals surface area contributed by atoms with Crippen LogP contribution in [0.25, 0.3) is 0 Å². The Bertz CT molecular complexity index is 805. The molecule has 1 amide bonds. The molecule has 0 aromatic heterocycles. The SMILES string of the molecule is COc1ccc(OC)c(C(=O)OCC(=O)NC(C)c2ccccc2OC)c1. The average molecular weight is 373 g/mol. The largest absolute Gasteiger partial charge is 0.497 e. The number of amides is 1. The zero-order chi connectivity index (χ0) is 19.8. The van der Waals surface area contributed by atoms with Crippen LogP contribution in [0.5, 0.6) is 17.2 Å². The van der Waals surface area contributed by atoms with Gasteiger partial charge in [0.2, 0.25) is 0 Å². The molecule has 0 fully saturated rings. The number of esters is 1. The van der Waals surface area contributed by atoms with Gasteiger partial charge in [-0.2, -0.15) is 0 Å². The number of hydrogen-bond donors (Lipinski definition) is 1. The van der Waals surface area contributed by atoms with E-state index in [2.05, 4.69) is 5.32 Å². The van der Waals surface area contributed by atoms with Crippen LogP contribution in [-0.4, -0.2) is 39.8 Å². The van der Waals surface area contributed by atoms with Gasteiger partial charge in [-0.1, -0.05) is 18.2 Å². The summed E-state index contributed by atoms with van der Waals surface area (Å²) < 4.78 is 20.6. The number of para-hydroxylation sites is 1. The van der Waals surface area contributed by atoms with Crippen LogP contribution < -0.4 is 19.5 Å². The minimum absolute atomic E-state index is 0.183. The molecule has 1 atom stereocenters. The fraction of sp³-hybridized carbons (Fsp3) is 0.300. The van der Waals surface area contributed by atoms with Crippen molar-refractivity contribution in [1.29, 1.82) is 0 Å². The summed E-state index contributed by atoms with van der Waals surface area (Å²) in [4.78, 5) is 24.5. The molecule has 2 aromatic carbocycles. The summed E-state index contributed by atoms with van der Waals surface area (Å²) in [5.41, 5.74) is 1.01. The molecule has 144 valence electrons. The third-order valence-corrected chi connectivity index (χ3v) is 3.94. The molecule has 0 saturated carbocycles. The molecule has 2 aromatic rings. The van der Waals surface area contributed by atoms with Crippen molar-refractivity contribution in [2.24, 2.45) is 0 Å². The molecule has 0 saturated heterocycles. The molecular weight excluding hydrogens is 350 g/mol. The Balaban J connectivity index is 1.98. The smallest absolute Gasteiger partial charge is 0.342 e. The molecule has 7 nitrogen and oxygen atoms in total. The lowest BCUT2D eigenvalue weighted by Gasteiger charge is -2.17. The fourth-order valence-electron chi connectivity index (χ4n) is 2.57. The second-order valence-electron chi connectivity index (χ2n) is 5.67. The maximum absolute atomic E-state index is 12.3. The Morgan fingerprint density at radius 3 is 2.33 bits per heavy atom. The first-order valence-electron chi connectivity index (χ1n) is 8.31. The van der Waals surface area contributed by atoms with Crippen molar-refractivity contribution in [3.63, 3.8) is 0 Å². The molecule has 1 N–H and O–H groups in total. The van der Waals surface area contributed by atoms with Crippen molar-refractivity contribution in [1.82, 2.24) is 5.32 Å². The highest BCUT2D eigenvalue weighted by molar-refractivity contribution is 5.94. The van der Waals surface area contributed by atoms with Crippen LogP contribution in [0.15, 0.2) is 42.5 Å². The highest BCUT2D eigenvalue weighted by Crippen LogP contribution is 2.25. The molecule has 0 spiro atoms. The number of hydrogen-bond acceptors (Lipinski definition) is 6. The summed E-state index contributed by atoms with van der Waals surface area (Å²) in [6.07, 6.45) is 0. The summed E-state index contributed by atoms with van der Waals surface area (Å²) >= 11 is 0. The van der Waals surface area contributed by atoms with Gasteiger partial charge in [0.25, 0.3) is 5.91 Å². The van der Waals surface area contributed by atoms with Crippen LogP contribution >= 0.6 is 0 Å². The number of carbonyl (C=O) groups excluding carboxylic acids is 2. The van der Waals surface area contributed by atoms with Crippen molar-refractivity contribution in [3.8, 4) is 17.2 Å². The molecule has 0 bridgehead atoms. The minimum Gasteiger partial charge on any atom is -0.497 e. The number of ether oxygens (including phenoxy) is 4. The Kier molecular flexibility index (Phi) is 7.05. The standard InChI is InChI=1S/C20H23NO6/c1-13(15-7-5-6-8-17(15)25-3)21-19(22)12-27-20(23)16-11-14(24-2)9-10-18(16)26-4/h5-11,13H,12H2,1-4H3,(H,21,22). The predicted octanol–water partition coefficient (Wildman–Crippen LogP) is 2.75. The van der Waals surface area contributed by atoms with Crippen LogP contribution in [0.3, 0.4) is 0 Å². The van der Waals surface area contributed by atoms with Crippen LogP contribution in [-0.2, 0) is 9.53 Å². The summed E-state index contributed by atoms with van der Waals surface area (Å²) in [5.74, 6) is 0.387. The molecule has 0 aliphatic rings. The van der Waals surface area contributed by atoms with E-state index in [1.54, 1.807) is 19.2 Å². The lowest BCUT2D eigenvalue weighted by molar-refractivity contribution is -0.124. The van der Waals surface area contributed by atoms with Crippen molar-refractivity contribution in [2.75, 3.05) is 27.9 Å². The lowest BCUT2D eigenvalue weighted by Crippen LogP contribution is -2.31. The Morgan fingerprint density at radius 2 is 1.67 bits per heavy atom. The fourth-order valence-corrected chi connectivity index (χ4v) is 2.57. The second kappa shape index (κ2) is 9.47. The van der Waals surface area contributed by atoms with Gasteiger partial charge in [-0.3, -0.25) is 4.79 Å². The van der Waals surface area contributed by atoms with E-state index in [0.717, 1.165) is 5.56 Å². The summed E-state index contributed by atoms with van der Waals surface area (Å²) in [5, 5.41) is 2.78. The van der Waals surface area contributed by atoms with Gasteiger partial charge in [-0.25, -0.2) is 4.79 Å². The predicted molar refractivity (Wildman–Crippen MR) is 99.4 cm³/mol. The number of methoxy groups -OCH3 is 3. The number of carbonyl (C=O) groups is 2. The molecule has 1 unspecified atom stereocenters. The number of benzene rings is 2. The van der Waals surface area contributed by atoms with Crippen molar-refractivity contribution in [3.05, 3.63) is 53.6 Å². The maximum atomic E-state index is 12.3. The van der Waals surface area contributed by atoms with E-state index in [0.29, 0.717) is 17.2 Å². The van der Waals surface area contributed by atoms with Crippen LogP contribution in [0, 0.1) is 0 Å². The van der Waals surface area contributed by atoms with Crippen LogP contribution in [0.1, 0.15) is 28.9 Å². The van der Waals surface area contributed by atoms with E-state index >= 15 is 0 Å². The van der Waals surface area contributed by atoms with Crippen LogP contribution in [0.2, 0.25) is 0 Å². The first kappa shape index (κ1) is 20.1. The summed E-state index contributed by atoms with van der Waals surface area (Å²) in [6.45, 7) is 1.40. The van der Waals surface area contributed by atoms with Crippen molar-refractivity contribution in [2.45, 2.75) is 13.0 Å². The average Bonchev–Trinajstić information content (AvgIpc) is 2.71. The van der Waals surface area contributed by atoms with E-state index in [1.165, 1.54) is 20.3 Å². The molecular formula is C20H23NO6. The Morgan fingerprint density at radius 1 is 0.963 bits per heavy atom. The van der Waals surface area contributed by atoms with Gasteiger partial charge in [0.05, 0.1) is 27.4 Å². The molecule has 0 aliphatic heterocycles. The molecule has 7 heteroatoms. The molecule has 2 rings (SSSR count). The Labute approximate surface area is 158 Å². The van der Waals surface area contributed by atoms with Crippen molar-refractivity contribution >= 4 is 11.9 Å². The normalized spacial score (nSPS) is 11.3. The quantitative estimate of drug-likeness (QED) is 0.717. The van der Waals surface area contributed by atoms with Gasteiger partial charge >= 0.3 is 5.97 Å². The first-order valence-corrected chi connectivity index (χ1v) is 8.31. The monoisotopic (exact) mass is 373 g/mol. The zero-order valence-corrected chi connectivity index (χ0v) is 15.8. The van der Waals surface area contributed by atoms with E-state index in [1.807, 2.05) is 31.2 Å². The van der Waals surface area contributed by atoms with Gasteiger partial charge in [0.15, 0.2) is 6.61 Å². The van der Waals surface area contributed by atoms with E-state index in [-0.39, 0.29) is 11.6 Å². The van der Waals surface area contributed by atoms with E-state index in [9.17, 15) is 9.59 Å². The maximum Gasteiger partial charge on any atom is 0.342 e. The van der Waals surface area contributed by atoms with E-state index < -0.39 is 18.5 Å². The molecule has 0 aliphatic carbocycles. The van der Waals surface area contributed by atoms with E-state index in [4.69, 9.17) is 18.9 Å². The second-order valence-corrected chi connectivity index (χ2v) is 5.67. The lowest BCUT2D eigenvalue weighted by atomic mass is 10.1. The minimum atomic E-state index is -0.675. The molecule has 0 radical (unpaired) electrons. The highest BCUT2D eigenvalue weighted by atomic mass is 16.5. The number of nitrogens with one attached hydrogen (secondary N) is 1. The van der Waals surface area contributed by atoms with Crippen molar-refractivity contribution < 1.29 is 28.5 Å². The zero-order valence-electron chi connectivity index (χ0n) is 15.8. The third-order valence-electron chi connectivity index (χ3n) is 3.94. The van der Waals surface area contributed by atoms with Gasteiger partial charge in [0.1, 0.15) is 22.8 Å². The topological polar surface area (TPSA) is 83.1 Å². The van der Waals surface area contributed by atoms with Crippen LogP contribution in [0.4, 0.5) is 0 Å². The van der Waals surface area contributed by atoms with Gasteiger partial charge < -0.3 is 24.3 Å².